The van der Waals surface area contributed by atoms with Crippen molar-refractivity contribution in [3.05, 3.63) is 83.3 Å². The molecule has 2 heterocycles. The molecular weight excluding hydrogens is 537 g/mol. The van der Waals surface area contributed by atoms with E-state index in [9.17, 15) is 0 Å². The van der Waals surface area contributed by atoms with Crippen molar-refractivity contribution < 1.29 is 9.47 Å². The normalized spacial score (nSPS) is 10.3. The van der Waals surface area contributed by atoms with Gasteiger partial charge in [-0.1, -0.05) is 30.3 Å². The second kappa shape index (κ2) is 11.9. The fraction of sp³-hybridized carbons (Fsp3) is 0.0769. The number of hydrogen-bond acceptors (Lipinski definition) is 8. The van der Waals surface area contributed by atoms with Gasteiger partial charge in [-0.05, 0) is 64.5 Å². The van der Waals surface area contributed by atoms with E-state index in [1.165, 1.54) is 0 Å². The summed E-state index contributed by atoms with van der Waals surface area (Å²) in [5.74, 6) is 1.50. The van der Waals surface area contributed by atoms with Gasteiger partial charge in [0, 0.05) is 4.47 Å². The first-order chi connectivity index (χ1) is 17.6. The average molecular weight is 557 g/mol. The minimum absolute atomic E-state index is 0.737. The second-order valence-corrected chi connectivity index (χ2v) is 8.40. The van der Waals surface area contributed by atoms with Crippen LogP contribution in [0.5, 0.6) is 11.5 Å². The fourth-order valence-electron chi connectivity index (χ4n) is 3.59. The molecule has 10 heteroatoms. The summed E-state index contributed by atoms with van der Waals surface area (Å²) in [5.41, 5.74) is 6.82. The average Bonchev–Trinajstić information content (AvgIpc) is 2.92. The molecule has 6 aromatic rings. The molecule has 0 fully saturated rings. The van der Waals surface area contributed by atoms with Crippen molar-refractivity contribution in [1.29, 1.82) is 0 Å². The molecule has 0 saturated heterocycles. The molecule has 0 aliphatic heterocycles. The summed E-state index contributed by atoms with van der Waals surface area (Å²) < 4.78 is 14.2. The quantitative estimate of drug-likeness (QED) is 0.148. The molecule has 0 saturated carbocycles. The molecule has 1 radical (unpaired) electrons. The van der Waals surface area contributed by atoms with Crippen molar-refractivity contribution in [3.63, 3.8) is 0 Å². The number of halogens is 1. The van der Waals surface area contributed by atoms with E-state index in [4.69, 9.17) is 9.47 Å². The third-order valence-corrected chi connectivity index (χ3v) is 5.82. The van der Waals surface area contributed by atoms with E-state index in [-0.39, 0.29) is 0 Å². The summed E-state index contributed by atoms with van der Waals surface area (Å²) in [6.07, 6.45) is 0. The van der Waals surface area contributed by atoms with Gasteiger partial charge in [0.1, 0.15) is 28.0 Å². The maximum atomic E-state index is 5.31. The van der Waals surface area contributed by atoms with Crippen LogP contribution in [0.2, 0.25) is 0 Å². The summed E-state index contributed by atoms with van der Waals surface area (Å²) >= 11 is 6.68. The van der Waals surface area contributed by atoms with E-state index in [1.807, 2.05) is 78.9 Å². The van der Waals surface area contributed by atoms with Crippen LogP contribution < -0.4 is 9.47 Å². The predicted octanol–water partition coefficient (Wildman–Crippen LogP) is 6.53. The zero-order valence-corrected chi connectivity index (χ0v) is 21.9. The van der Waals surface area contributed by atoms with E-state index in [1.54, 1.807) is 14.2 Å². The number of fused-ring (bicyclic) bond motifs is 4. The first-order valence-corrected chi connectivity index (χ1v) is 11.9. The number of ether oxygens (including phenoxy) is 2. The number of methoxy groups -OCH3 is 2. The van der Waals surface area contributed by atoms with Crippen molar-refractivity contribution in [2.45, 2.75) is 0 Å². The second-order valence-electron chi connectivity index (χ2n) is 7.31. The van der Waals surface area contributed by atoms with Gasteiger partial charge in [-0.15, -0.1) is 0 Å². The molecule has 0 atom stereocenters. The topological polar surface area (TPSA) is 82.4 Å². The van der Waals surface area contributed by atoms with Crippen LogP contribution in [0.4, 0.5) is 0 Å². The van der Waals surface area contributed by atoms with E-state index in [0.717, 1.165) is 60.1 Å². The summed E-state index contributed by atoms with van der Waals surface area (Å²) in [5, 5.41) is 0. The van der Waals surface area contributed by atoms with Crippen molar-refractivity contribution in [1.82, 2.24) is 19.9 Å². The number of para-hydroxylation sites is 5. The molecule has 7 nitrogen and oxygen atoms in total. The van der Waals surface area contributed by atoms with Gasteiger partial charge in [0.25, 0.3) is 0 Å². The first kappa shape index (κ1) is 25.5. The number of thiol groups is 1. The van der Waals surface area contributed by atoms with Crippen LogP contribution in [0.25, 0.3) is 44.1 Å². The Kier molecular flexibility index (Phi) is 8.40. The SMILES string of the molecule is COc1ccc(Br)c2nc3ccccc3nc12.COc1cccc2nc3ccccc3nc12.[B]=NS. The number of hydrogen-bond donors (Lipinski definition) is 1. The van der Waals surface area contributed by atoms with Gasteiger partial charge in [-0.3, -0.25) is 0 Å². The summed E-state index contributed by atoms with van der Waals surface area (Å²) in [6, 6.07) is 25.2. The van der Waals surface area contributed by atoms with Gasteiger partial charge in [0.15, 0.2) is 0 Å². The van der Waals surface area contributed by atoms with Crippen LogP contribution in [-0.4, -0.2) is 41.8 Å². The van der Waals surface area contributed by atoms with Crippen molar-refractivity contribution >= 4 is 80.5 Å². The molecule has 2 aromatic heterocycles. The van der Waals surface area contributed by atoms with Crippen LogP contribution in [-0.2, 0) is 0 Å². The molecular formula is C26H20BBrN5O2S. The van der Waals surface area contributed by atoms with E-state index in [2.05, 4.69) is 60.6 Å². The van der Waals surface area contributed by atoms with Gasteiger partial charge < -0.3 is 9.47 Å². The number of rotatable bonds is 2. The Morgan fingerprint density at radius 3 is 1.61 bits per heavy atom. The fourth-order valence-corrected chi connectivity index (χ4v) is 4.00. The maximum absolute atomic E-state index is 5.31. The Bertz CT molecular complexity index is 1690. The number of aromatic nitrogens is 4. The third-order valence-electron chi connectivity index (χ3n) is 5.18. The van der Waals surface area contributed by atoms with Gasteiger partial charge in [-0.2, -0.15) is 0 Å². The monoisotopic (exact) mass is 556 g/mol. The Labute approximate surface area is 222 Å². The molecule has 0 N–H and O–H groups in total. The summed E-state index contributed by atoms with van der Waals surface area (Å²) in [7, 11) is 7.62. The molecule has 0 unspecified atom stereocenters. The molecule has 6 rings (SSSR count). The van der Waals surface area contributed by atoms with Gasteiger partial charge in [-0.25, -0.2) is 19.9 Å². The van der Waals surface area contributed by atoms with Crippen LogP contribution in [0, 0.1) is 0 Å². The Morgan fingerprint density at radius 2 is 1.06 bits per heavy atom. The molecule has 0 bridgehead atoms. The zero-order valence-electron chi connectivity index (χ0n) is 19.5. The van der Waals surface area contributed by atoms with Crippen molar-refractivity contribution in [2.24, 2.45) is 4.30 Å². The zero-order chi connectivity index (χ0) is 25.5. The van der Waals surface area contributed by atoms with Gasteiger partial charge >= 0.3 is 24.8 Å². The molecule has 4 aromatic carbocycles. The van der Waals surface area contributed by atoms with E-state index in [0.29, 0.717) is 0 Å². The Balaban J connectivity index is 0.000000153. The summed E-state index contributed by atoms with van der Waals surface area (Å²) in [6.45, 7) is 0. The van der Waals surface area contributed by atoms with Crippen molar-refractivity contribution in [3.8, 4) is 11.5 Å². The third kappa shape index (κ3) is 5.45. The van der Waals surface area contributed by atoms with Crippen LogP contribution >= 0.6 is 28.7 Å². The molecule has 0 amide bonds. The van der Waals surface area contributed by atoms with Gasteiger partial charge in [0.05, 0.1) is 41.8 Å². The first-order valence-electron chi connectivity index (χ1n) is 10.7. The number of nitrogens with zero attached hydrogens (tertiary/aromatic N) is 5. The van der Waals surface area contributed by atoms with Crippen LogP contribution in [0.3, 0.4) is 0 Å². The molecule has 0 spiro atoms. The molecule has 0 aliphatic carbocycles. The minimum atomic E-state index is 0.737. The molecule has 177 valence electrons. The van der Waals surface area contributed by atoms with E-state index < -0.39 is 0 Å². The standard InChI is InChI=1S/C13H9BrN2O.C13H10N2O.BHNS/c1-17-11-7-6-8(14)12-13(11)16-10-5-3-2-4-9(10)15-12;1-16-12-8-4-7-11-13(12)15-10-6-3-2-5-9(10)14-11;1-2-3/h2-7H,1H3;2-8H,1H3;3H. The molecule has 36 heavy (non-hydrogen) atoms. The van der Waals surface area contributed by atoms with Crippen LogP contribution in [0.1, 0.15) is 0 Å². The summed E-state index contributed by atoms with van der Waals surface area (Å²) in [4.78, 5) is 18.3. The Hall–Kier alpha value is -3.63. The molecule has 0 aliphatic rings. The van der Waals surface area contributed by atoms with Gasteiger partial charge in [0.2, 0.25) is 0 Å². The van der Waals surface area contributed by atoms with Crippen molar-refractivity contribution in [2.75, 3.05) is 14.2 Å². The number of benzene rings is 4. The Morgan fingerprint density at radius 1 is 0.611 bits per heavy atom. The predicted molar refractivity (Wildman–Crippen MR) is 152 cm³/mol. The van der Waals surface area contributed by atoms with Crippen LogP contribution in [0.15, 0.2) is 87.6 Å². The van der Waals surface area contributed by atoms with E-state index >= 15 is 0 Å².